The number of rotatable bonds is 9. The number of sulfone groups is 1. The van der Waals surface area contributed by atoms with Gasteiger partial charge in [-0.05, 0) is 36.6 Å². The van der Waals surface area contributed by atoms with Crippen LogP contribution < -0.4 is 4.90 Å². The van der Waals surface area contributed by atoms with Gasteiger partial charge in [0.2, 0.25) is 0 Å². The number of hydrogen-bond acceptors (Lipinski definition) is 6. The largest absolute Gasteiger partial charge is 0.343 e. The Bertz CT molecular complexity index is 1180. The lowest BCUT2D eigenvalue weighted by molar-refractivity contribution is 0.101. The van der Waals surface area contributed by atoms with Crippen LogP contribution in [-0.4, -0.2) is 37.7 Å². The summed E-state index contributed by atoms with van der Waals surface area (Å²) in [6.45, 7) is 3.03. The molecule has 0 unspecified atom stereocenters. The van der Waals surface area contributed by atoms with Gasteiger partial charge in [0.15, 0.2) is 20.8 Å². The zero-order chi connectivity index (χ0) is 22.6. The van der Waals surface area contributed by atoms with Crippen LogP contribution in [0.15, 0.2) is 48.5 Å². The third kappa shape index (κ3) is 6.77. The molecule has 3 aromatic rings. The summed E-state index contributed by atoms with van der Waals surface area (Å²) in [6.07, 6.45) is 1.75. The average Bonchev–Trinajstić information content (AvgIpc) is 3.09. The molecule has 0 spiro atoms. The molecule has 3 rings (SSSR count). The van der Waals surface area contributed by atoms with Crippen LogP contribution in [0.1, 0.15) is 26.5 Å². The maximum absolute atomic E-state index is 12.4. The van der Waals surface area contributed by atoms with E-state index in [0.29, 0.717) is 39.6 Å². The van der Waals surface area contributed by atoms with Crippen molar-refractivity contribution < 1.29 is 13.2 Å². The predicted molar refractivity (Wildman–Crippen MR) is 129 cm³/mol. The molecule has 0 aliphatic rings. The number of ketones is 1. The summed E-state index contributed by atoms with van der Waals surface area (Å²) < 4.78 is 23.1. The van der Waals surface area contributed by atoms with Crippen molar-refractivity contribution in [3.05, 3.63) is 80.3 Å². The van der Waals surface area contributed by atoms with Gasteiger partial charge in [-0.2, -0.15) is 0 Å². The minimum Gasteiger partial charge on any atom is -0.343 e. The van der Waals surface area contributed by atoms with Crippen molar-refractivity contribution in [3.63, 3.8) is 0 Å². The van der Waals surface area contributed by atoms with E-state index in [-0.39, 0.29) is 5.69 Å². The summed E-state index contributed by atoms with van der Waals surface area (Å²) in [5.74, 6) is -1.02. The number of carbonyl (C=O) groups excluding carboxylic acids is 1. The Morgan fingerprint density at radius 3 is 2.42 bits per heavy atom. The molecule has 0 radical (unpaired) electrons. The topological polar surface area (TPSA) is 67.3 Å². The smallest absolute Gasteiger partial charge is 0.197 e. The summed E-state index contributed by atoms with van der Waals surface area (Å²) in [6, 6.07) is 15.5. The van der Waals surface area contributed by atoms with Crippen molar-refractivity contribution in [2.45, 2.75) is 19.9 Å². The number of thiazole rings is 1. The van der Waals surface area contributed by atoms with E-state index >= 15 is 0 Å². The molecule has 0 N–H and O–H groups in total. The summed E-state index contributed by atoms with van der Waals surface area (Å²) in [7, 11) is -3.42. The molecule has 164 valence electrons. The lowest BCUT2D eigenvalue weighted by Gasteiger charge is -2.22. The first-order valence-corrected chi connectivity index (χ1v) is 13.2. The SMILES string of the molecule is Cc1sc(N(CCc2ccc(Cl)c(Cl)c2)Cc2ccccc2)nc1C(=O)CS(C)(=O)=O. The van der Waals surface area contributed by atoms with Gasteiger partial charge < -0.3 is 4.90 Å². The first-order valence-electron chi connectivity index (χ1n) is 9.53. The van der Waals surface area contributed by atoms with Crippen LogP contribution in [0, 0.1) is 6.92 Å². The fraction of sp³-hybridized carbons (Fsp3) is 0.273. The second-order valence-corrected chi connectivity index (χ2v) is 11.4. The van der Waals surface area contributed by atoms with Crippen molar-refractivity contribution in [1.82, 2.24) is 4.98 Å². The highest BCUT2D eigenvalue weighted by atomic mass is 35.5. The molecule has 0 saturated heterocycles. The number of aromatic nitrogens is 1. The monoisotopic (exact) mass is 496 g/mol. The van der Waals surface area contributed by atoms with Crippen LogP contribution >= 0.6 is 34.5 Å². The van der Waals surface area contributed by atoms with E-state index in [2.05, 4.69) is 9.88 Å². The van der Waals surface area contributed by atoms with Crippen LogP contribution in [0.2, 0.25) is 10.0 Å². The van der Waals surface area contributed by atoms with Crippen LogP contribution in [0.3, 0.4) is 0 Å². The molecule has 0 bridgehead atoms. The highest BCUT2D eigenvalue weighted by molar-refractivity contribution is 7.91. The minimum absolute atomic E-state index is 0.220. The molecule has 0 amide bonds. The number of Topliss-reactive ketones (excluding diaryl/α,β-unsaturated/α-hetero) is 1. The molecule has 1 heterocycles. The quantitative estimate of drug-likeness (QED) is 0.379. The molecule has 5 nitrogen and oxygen atoms in total. The van der Waals surface area contributed by atoms with Crippen LogP contribution in [0.25, 0.3) is 0 Å². The molecule has 0 fully saturated rings. The molecular formula is C22H22Cl2N2O3S2. The molecule has 9 heteroatoms. The Kier molecular flexibility index (Phi) is 7.75. The van der Waals surface area contributed by atoms with Crippen LogP contribution in [0.4, 0.5) is 5.13 Å². The third-order valence-corrected chi connectivity index (χ3v) is 7.14. The molecule has 0 aliphatic carbocycles. The molecule has 1 aromatic heterocycles. The van der Waals surface area contributed by atoms with E-state index in [4.69, 9.17) is 23.2 Å². The van der Waals surface area contributed by atoms with Gasteiger partial charge in [0.1, 0.15) is 11.4 Å². The third-order valence-electron chi connectivity index (χ3n) is 4.58. The lowest BCUT2D eigenvalue weighted by Crippen LogP contribution is -2.25. The van der Waals surface area contributed by atoms with E-state index in [0.717, 1.165) is 17.4 Å². The maximum atomic E-state index is 12.4. The van der Waals surface area contributed by atoms with Gasteiger partial charge in [-0.15, -0.1) is 11.3 Å². The van der Waals surface area contributed by atoms with E-state index in [1.165, 1.54) is 11.3 Å². The molecular weight excluding hydrogens is 475 g/mol. The molecule has 0 saturated carbocycles. The number of nitrogens with zero attached hydrogens (tertiary/aromatic N) is 2. The Morgan fingerprint density at radius 2 is 1.77 bits per heavy atom. The van der Waals surface area contributed by atoms with Crippen LogP contribution in [-0.2, 0) is 22.8 Å². The second-order valence-electron chi connectivity index (χ2n) is 7.30. The number of carbonyl (C=O) groups is 1. The summed E-state index contributed by atoms with van der Waals surface area (Å²) in [5, 5.41) is 1.70. The Morgan fingerprint density at radius 1 is 1.06 bits per heavy atom. The van der Waals surface area contributed by atoms with Crippen molar-refractivity contribution in [2.24, 2.45) is 0 Å². The normalized spacial score (nSPS) is 11.5. The summed E-state index contributed by atoms with van der Waals surface area (Å²) in [4.78, 5) is 19.8. The van der Waals surface area contributed by atoms with Gasteiger partial charge in [0.05, 0.1) is 10.0 Å². The molecule has 31 heavy (non-hydrogen) atoms. The van der Waals surface area contributed by atoms with Gasteiger partial charge in [0.25, 0.3) is 0 Å². The molecule has 0 atom stereocenters. The predicted octanol–water partition coefficient (Wildman–Crippen LogP) is 5.23. The number of benzene rings is 2. The number of anilines is 1. The Balaban J connectivity index is 1.86. The van der Waals surface area contributed by atoms with Gasteiger partial charge in [-0.1, -0.05) is 59.6 Å². The number of hydrogen-bond donors (Lipinski definition) is 0. The first-order chi connectivity index (χ1) is 14.6. The summed E-state index contributed by atoms with van der Waals surface area (Å²) in [5.41, 5.74) is 2.36. The van der Waals surface area contributed by atoms with Crippen molar-refractivity contribution in [2.75, 3.05) is 23.5 Å². The van der Waals surface area contributed by atoms with E-state index in [9.17, 15) is 13.2 Å². The van der Waals surface area contributed by atoms with Crippen LogP contribution in [0.5, 0.6) is 0 Å². The van der Waals surface area contributed by atoms with E-state index < -0.39 is 21.4 Å². The van der Waals surface area contributed by atoms with Gasteiger partial charge in [0, 0.05) is 24.2 Å². The second kappa shape index (κ2) is 10.1. The highest BCUT2D eigenvalue weighted by Gasteiger charge is 2.22. The van der Waals surface area contributed by atoms with Crippen molar-refractivity contribution in [3.8, 4) is 0 Å². The minimum atomic E-state index is -3.42. The fourth-order valence-corrected chi connectivity index (χ4v) is 4.97. The summed E-state index contributed by atoms with van der Waals surface area (Å²) >= 11 is 13.6. The maximum Gasteiger partial charge on any atom is 0.197 e. The van der Waals surface area contributed by atoms with Gasteiger partial charge in [-0.3, -0.25) is 4.79 Å². The van der Waals surface area contributed by atoms with E-state index in [1.807, 2.05) is 42.5 Å². The number of halogens is 2. The zero-order valence-electron chi connectivity index (χ0n) is 17.1. The van der Waals surface area contributed by atoms with Gasteiger partial charge >= 0.3 is 0 Å². The van der Waals surface area contributed by atoms with Gasteiger partial charge in [-0.25, -0.2) is 13.4 Å². The highest BCUT2D eigenvalue weighted by Crippen LogP contribution is 2.29. The molecule has 2 aromatic carbocycles. The first kappa shape index (κ1) is 23.7. The number of aryl methyl sites for hydroxylation is 1. The standard InChI is InChI=1S/C22H22Cl2N2O3S2/c1-15-21(20(27)14-31(2,28)29)25-22(30-15)26(13-17-6-4-3-5-7-17)11-10-16-8-9-18(23)19(24)12-16/h3-9,12H,10-11,13-14H2,1-2H3. The Labute approximate surface area is 196 Å². The van der Waals surface area contributed by atoms with Crippen molar-refractivity contribution >= 4 is 55.3 Å². The van der Waals surface area contributed by atoms with Crippen molar-refractivity contribution in [1.29, 1.82) is 0 Å². The zero-order valence-corrected chi connectivity index (χ0v) is 20.3. The van der Waals surface area contributed by atoms with E-state index in [1.54, 1.807) is 13.0 Å². The lowest BCUT2D eigenvalue weighted by atomic mass is 10.1. The average molecular weight is 497 g/mol. The molecule has 0 aliphatic heterocycles. The Hall–Kier alpha value is -1.93. The fourth-order valence-electron chi connectivity index (χ4n) is 3.09.